The van der Waals surface area contributed by atoms with Gasteiger partial charge in [-0.2, -0.15) is 5.06 Å². The van der Waals surface area contributed by atoms with Gasteiger partial charge in [0.25, 0.3) is 5.91 Å². The molecule has 188 valence electrons. The summed E-state index contributed by atoms with van der Waals surface area (Å²) in [6, 6.07) is 14.7. The fourth-order valence-electron chi connectivity index (χ4n) is 3.89. The number of anilines is 2. The number of rotatable bonds is 7. The fourth-order valence-corrected chi connectivity index (χ4v) is 3.89. The molecule has 0 bridgehead atoms. The molecule has 0 spiro atoms. The van der Waals surface area contributed by atoms with Crippen LogP contribution in [0.4, 0.5) is 20.6 Å². The third kappa shape index (κ3) is 6.35. The molecule has 0 atom stereocenters. The number of hydroxylamine groups is 2. The van der Waals surface area contributed by atoms with Gasteiger partial charge < -0.3 is 24.7 Å². The van der Waals surface area contributed by atoms with Crippen LogP contribution in [-0.2, 0) is 11.4 Å². The van der Waals surface area contributed by atoms with Gasteiger partial charge in [-0.1, -0.05) is 12.1 Å². The van der Waals surface area contributed by atoms with Crippen LogP contribution in [0.3, 0.4) is 0 Å². The van der Waals surface area contributed by atoms with Crippen molar-refractivity contribution in [3.8, 4) is 5.75 Å². The summed E-state index contributed by atoms with van der Waals surface area (Å²) in [5.74, 6) is -0.510. The van der Waals surface area contributed by atoms with Crippen LogP contribution in [0.15, 0.2) is 67.0 Å². The Morgan fingerprint density at radius 2 is 1.83 bits per heavy atom. The van der Waals surface area contributed by atoms with Crippen LogP contribution in [0, 0.1) is 5.82 Å². The van der Waals surface area contributed by atoms with E-state index in [1.54, 1.807) is 62.8 Å². The summed E-state index contributed by atoms with van der Waals surface area (Å²) in [5.41, 5.74) is 2.35. The SMILES string of the molecule is CON1CCN(c2ccc(F)cc2C(=O)Nc2ccc(CN(C)C(=O)Oc3cccnc3)cc2)CC1. The fraction of sp³-hybridized carbons (Fsp3) is 0.269. The summed E-state index contributed by atoms with van der Waals surface area (Å²) in [6.45, 7) is 2.99. The molecule has 1 aromatic heterocycles. The summed E-state index contributed by atoms with van der Waals surface area (Å²) in [4.78, 5) is 38.0. The summed E-state index contributed by atoms with van der Waals surface area (Å²) in [6.07, 6.45) is 2.55. The lowest BCUT2D eigenvalue weighted by Crippen LogP contribution is -2.46. The molecule has 9 nitrogen and oxygen atoms in total. The molecule has 1 fully saturated rings. The van der Waals surface area contributed by atoms with Gasteiger partial charge in [0.15, 0.2) is 5.75 Å². The highest BCUT2D eigenvalue weighted by Crippen LogP contribution is 2.25. The van der Waals surface area contributed by atoms with Crippen LogP contribution in [0.2, 0.25) is 0 Å². The second-order valence-corrected chi connectivity index (χ2v) is 8.32. The Balaban J connectivity index is 1.38. The predicted octanol–water partition coefficient (Wildman–Crippen LogP) is 3.79. The molecule has 1 saturated heterocycles. The van der Waals surface area contributed by atoms with Crippen LogP contribution in [0.5, 0.6) is 5.75 Å². The standard InChI is InChI=1S/C26H28FN5O4/c1-30(26(34)36-22-4-3-11-28-17-22)18-19-5-8-21(9-6-19)29-25(33)23-16-20(27)7-10-24(23)31-12-14-32(35-2)15-13-31/h3-11,16-17H,12-15,18H2,1-2H3,(H,29,33). The van der Waals surface area contributed by atoms with Crippen LogP contribution in [0.1, 0.15) is 15.9 Å². The average Bonchev–Trinajstić information content (AvgIpc) is 2.90. The summed E-state index contributed by atoms with van der Waals surface area (Å²) in [5, 5.41) is 4.69. The highest BCUT2D eigenvalue weighted by atomic mass is 19.1. The van der Waals surface area contributed by atoms with E-state index in [9.17, 15) is 14.0 Å². The number of aromatic nitrogens is 1. The van der Waals surface area contributed by atoms with Crippen molar-refractivity contribution >= 4 is 23.4 Å². The molecule has 1 aliphatic rings. The number of carbonyl (C=O) groups is 2. The Kier molecular flexibility index (Phi) is 8.09. The molecule has 36 heavy (non-hydrogen) atoms. The summed E-state index contributed by atoms with van der Waals surface area (Å²) in [7, 11) is 3.26. The van der Waals surface area contributed by atoms with Crippen molar-refractivity contribution in [1.82, 2.24) is 14.9 Å². The molecule has 2 aromatic carbocycles. The Bertz CT molecular complexity index is 1180. The van der Waals surface area contributed by atoms with E-state index in [0.29, 0.717) is 49.8 Å². The second-order valence-electron chi connectivity index (χ2n) is 8.32. The third-order valence-corrected chi connectivity index (χ3v) is 5.82. The van der Waals surface area contributed by atoms with Gasteiger partial charge in [-0.3, -0.25) is 9.78 Å². The first-order chi connectivity index (χ1) is 17.4. The number of nitrogens with one attached hydrogen (secondary N) is 1. The first-order valence-electron chi connectivity index (χ1n) is 11.5. The van der Waals surface area contributed by atoms with Crippen molar-refractivity contribution < 1.29 is 23.6 Å². The Labute approximate surface area is 209 Å². The zero-order valence-corrected chi connectivity index (χ0v) is 20.2. The molecule has 4 rings (SSSR count). The van der Waals surface area contributed by atoms with Crippen molar-refractivity contribution in [3.05, 3.63) is 83.9 Å². The maximum absolute atomic E-state index is 14.0. The quantitative estimate of drug-likeness (QED) is 0.536. The molecular weight excluding hydrogens is 465 g/mol. The predicted molar refractivity (Wildman–Crippen MR) is 133 cm³/mol. The molecular formula is C26H28FN5O4. The Morgan fingerprint density at radius 3 is 2.50 bits per heavy atom. The van der Waals surface area contributed by atoms with E-state index in [0.717, 1.165) is 5.56 Å². The molecule has 0 saturated carbocycles. The van der Waals surface area contributed by atoms with Crippen LogP contribution >= 0.6 is 0 Å². The van der Waals surface area contributed by atoms with E-state index in [4.69, 9.17) is 9.57 Å². The normalized spacial score (nSPS) is 13.8. The van der Waals surface area contributed by atoms with Gasteiger partial charge in [-0.15, -0.1) is 0 Å². The molecule has 10 heteroatoms. The van der Waals surface area contributed by atoms with Crippen LogP contribution in [0.25, 0.3) is 0 Å². The van der Waals surface area contributed by atoms with E-state index in [2.05, 4.69) is 10.3 Å². The van der Waals surface area contributed by atoms with Crippen molar-refractivity contribution in [1.29, 1.82) is 0 Å². The molecule has 1 aliphatic heterocycles. The Morgan fingerprint density at radius 1 is 1.08 bits per heavy atom. The topological polar surface area (TPSA) is 87.2 Å². The van der Waals surface area contributed by atoms with Gasteiger partial charge in [0.2, 0.25) is 0 Å². The minimum Gasteiger partial charge on any atom is -0.409 e. The zero-order chi connectivity index (χ0) is 25.5. The maximum Gasteiger partial charge on any atom is 0.415 e. The van der Waals surface area contributed by atoms with Crippen LogP contribution < -0.4 is 15.0 Å². The molecule has 3 aromatic rings. The lowest BCUT2D eigenvalue weighted by molar-refractivity contribution is -0.133. The summed E-state index contributed by atoms with van der Waals surface area (Å²) >= 11 is 0. The highest BCUT2D eigenvalue weighted by molar-refractivity contribution is 6.08. The number of benzene rings is 2. The maximum atomic E-state index is 14.0. The van der Waals surface area contributed by atoms with Gasteiger partial charge in [-0.25, -0.2) is 9.18 Å². The first-order valence-corrected chi connectivity index (χ1v) is 11.5. The number of ether oxygens (including phenoxy) is 1. The molecule has 0 radical (unpaired) electrons. The number of nitrogens with zero attached hydrogens (tertiary/aromatic N) is 4. The van der Waals surface area contributed by atoms with Gasteiger partial charge >= 0.3 is 6.09 Å². The van der Waals surface area contributed by atoms with Gasteiger partial charge in [0.05, 0.1) is 18.9 Å². The molecule has 0 aliphatic carbocycles. The van der Waals surface area contributed by atoms with Crippen molar-refractivity contribution in [2.75, 3.05) is 50.6 Å². The van der Waals surface area contributed by atoms with Crippen molar-refractivity contribution in [2.24, 2.45) is 0 Å². The van der Waals surface area contributed by atoms with E-state index in [1.165, 1.54) is 23.2 Å². The number of piperazine rings is 1. The third-order valence-electron chi connectivity index (χ3n) is 5.82. The van der Waals surface area contributed by atoms with Crippen molar-refractivity contribution in [2.45, 2.75) is 6.54 Å². The largest absolute Gasteiger partial charge is 0.415 e. The number of halogens is 1. The lowest BCUT2D eigenvalue weighted by atomic mass is 10.1. The van der Waals surface area contributed by atoms with Gasteiger partial charge in [-0.05, 0) is 48.0 Å². The monoisotopic (exact) mass is 493 g/mol. The molecule has 2 heterocycles. The van der Waals surface area contributed by atoms with E-state index in [1.807, 2.05) is 9.96 Å². The highest BCUT2D eigenvalue weighted by Gasteiger charge is 2.22. The van der Waals surface area contributed by atoms with Crippen LogP contribution in [-0.4, -0.2) is 67.3 Å². The minimum absolute atomic E-state index is 0.267. The molecule has 0 unspecified atom stereocenters. The second kappa shape index (κ2) is 11.6. The molecule has 1 N–H and O–H groups in total. The number of amides is 2. The van der Waals surface area contributed by atoms with E-state index < -0.39 is 17.8 Å². The van der Waals surface area contributed by atoms with Gasteiger partial charge in [0.1, 0.15) is 5.82 Å². The summed E-state index contributed by atoms with van der Waals surface area (Å²) < 4.78 is 19.3. The Hall–Kier alpha value is -4.02. The van der Waals surface area contributed by atoms with Crippen molar-refractivity contribution in [3.63, 3.8) is 0 Å². The lowest BCUT2D eigenvalue weighted by Gasteiger charge is -2.35. The first kappa shape index (κ1) is 25.1. The molecule has 2 amide bonds. The van der Waals surface area contributed by atoms with E-state index >= 15 is 0 Å². The number of carbonyl (C=O) groups excluding carboxylic acids is 2. The number of hydrogen-bond donors (Lipinski definition) is 1. The smallest absolute Gasteiger partial charge is 0.409 e. The van der Waals surface area contributed by atoms with Gasteiger partial charge in [0, 0.05) is 57.3 Å². The number of hydrogen-bond acceptors (Lipinski definition) is 7. The zero-order valence-electron chi connectivity index (χ0n) is 20.2. The minimum atomic E-state index is -0.509. The average molecular weight is 494 g/mol. The van der Waals surface area contributed by atoms with E-state index in [-0.39, 0.29) is 5.56 Å². The number of pyridine rings is 1.